The molecule has 2 aromatic rings. The summed E-state index contributed by atoms with van der Waals surface area (Å²) in [7, 11) is -3.53. The van der Waals surface area contributed by atoms with Crippen molar-refractivity contribution in [3.8, 4) is 0 Å². The van der Waals surface area contributed by atoms with Crippen LogP contribution in [0.2, 0.25) is 0 Å². The van der Waals surface area contributed by atoms with Gasteiger partial charge in [0.1, 0.15) is 0 Å². The van der Waals surface area contributed by atoms with Gasteiger partial charge in [-0.3, -0.25) is 0 Å². The van der Waals surface area contributed by atoms with Gasteiger partial charge in [-0.25, -0.2) is 8.42 Å². The van der Waals surface area contributed by atoms with Gasteiger partial charge in [-0.2, -0.15) is 0 Å². The third-order valence-corrected chi connectivity index (χ3v) is 7.22. The Morgan fingerprint density at radius 1 is 0.640 bits per heavy atom. The van der Waals surface area contributed by atoms with Crippen LogP contribution < -0.4 is 0 Å². The van der Waals surface area contributed by atoms with E-state index in [9.17, 15) is 8.42 Å². The normalized spacial score (nSPS) is 11.8. The van der Waals surface area contributed by atoms with Crippen molar-refractivity contribution in [3.63, 3.8) is 0 Å². The summed E-state index contributed by atoms with van der Waals surface area (Å²) in [5.41, 5.74) is 6.19. The van der Waals surface area contributed by atoms with Gasteiger partial charge in [-0.15, -0.1) is 0 Å². The largest absolute Gasteiger partial charge is 0.218 e. The molecular weight excluding hydrogens is 328 g/mol. The lowest BCUT2D eigenvalue weighted by Gasteiger charge is -2.17. The minimum atomic E-state index is -3.53. The number of hydrogen-bond acceptors (Lipinski definition) is 2. The maximum atomic E-state index is 13.5. The quantitative estimate of drug-likeness (QED) is 0.694. The van der Waals surface area contributed by atoms with E-state index in [0.29, 0.717) is 9.79 Å². The van der Waals surface area contributed by atoms with E-state index in [0.717, 1.165) is 59.1 Å². The number of aryl methyl sites for hydroxylation is 4. The molecule has 0 aromatic heterocycles. The summed E-state index contributed by atoms with van der Waals surface area (Å²) in [6, 6.07) is 8.02. The third-order valence-electron chi connectivity index (χ3n) is 5.21. The van der Waals surface area contributed by atoms with Crippen LogP contribution in [-0.2, 0) is 35.5 Å². The fourth-order valence-corrected chi connectivity index (χ4v) is 5.35. The Hall–Kier alpha value is -1.61. The summed E-state index contributed by atoms with van der Waals surface area (Å²) in [5.74, 6) is 0. The van der Waals surface area contributed by atoms with E-state index in [1.54, 1.807) is 0 Å². The molecule has 0 amide bonds. The van der Waals surface area contributed by atoms with Crippen molar-refractivity contribution < 1.29 is 8.42 Å². The lowest BCUT2D eigenvalue weighted by atomic mass is 10.0. The molecule has 2 nitrogen and oxygen atoms in total. The van der Waals surface area contributed by atoms with Crippen LogP contribution in [0.25, 0.3) is 0 Å². The highest BCUT2D eigenvalue weighted by Gasteiger charge is 2.25. The van der Waals surface area contributed by atoms with E-state index in [2.05, 4.69) is 39.8 Å². The van der Waals surface area contributed by atoms with Crippen molar-refractivity contribution in [2.45, 2.75) is 77.0 Å². The predicted molar refractivity (Wildman–Crippen MR) is 105 cm³/mol. The van der Waals surface area contributed by atoms with Gasteiger partial charge in [0.05, 0.1) is 9.79 Å². The number of benzene rings is 2. The second-order valence-electron chi connectivity index (χ2n) is 6.67. The van der Waals surface area contributed by atoms with Gasteiger partial charge in [0.2, 0.25) is 9.84 Å². The average Bonchev–Trinajstić information content (AvgIpc) is 2.61. The minimum absolute atomic E-state index is 0.474. The molecule has 0 aliphatic rings. The first kappa shape index (κ1) is 19.7. The second kappa shape index (κ2) is 7.74. The van der Waals surface area contributed by atoms with Gasteiger partial charge in [-0.05, 0) is 85.0 Å². The van der Waals surface area contributed by atoms with Crippen molar-refractivity contribution in [3.05, 3.63) is 57.6 Å². The Bertz CT molecular complexity index is 810. The standard InChI is InChI=1S/C22H30O2S/c1-7-17-11-19(9-3)15(5)21(13-17)25(23,24)22-14-18(8-2)12-20(10-4)16(22)6/h11-14H,7-10H2,1-6H3. The lowest BCUT2D eigenvalue weighted by molar-refractivity contribution is 0.594. The monoisotopic (exact) mass is 358 g/mol. The predicted octanol–water partition coefficient (Wildman–Crippen LogP) is 5.39. The van der Waals surface area contributed by atoms with Crippen molar-refractivity contribution >= 4 is 9.84 Å². The SMILES string of the molecule is CCc1cc(CC)c(C)c(S(=O)(=O)c2cc(CC)cc(CC)c2C)c1. The molecule has 0 radical (unpaired) electrons. The zero-order valence-corrected chi connectivity index (χ0v) is 17.2. The smallest absolute Gasteiger partial charge is 0.207 e. The minimum Gasteiger partial charge on any atom is -0.218 e. The number of sulfone groups is 1. The summed E-state index contributed by atoms with van der Waals surface area (Å²) >= 11 is 0. The van der Waals surface area contributed by atoms with E-state index >= 15 is 0 Å². The summed E-state index contributed by atoms with van der Waals surface area (Å²) in [4.78, 5) is 0.948. The van der Waals surface area contributed by atoms with Gasteiger partial charge in [0.15, 0.2) is 0 Å². The summed E-state index contributed by atoms with van der Waals surface area (Å²) < 4.78 is 27.1. The Balaban J connectivity index is 2.80. The van der Waals surface area contributed by atoms with Crippen molar-refractivity contribution in [2.75, 3.05) is 0 Å². The van der Waals surface area contributed by atoms with Crippen molar-refractivity contribution in [1.82, 2.24) is 0 Å². The Morgan fingerprint density at radius 2 is 1.00 bits per heavy atom. The molecule has 136 valence electrons. The Morgan fingerprint density at radius 3 is 1.28 bits per heavy atom. The van der Waals surface area contributed by atoms with Crippen LogP contribution in [-0.4, -0.2) is 8.42 Å². The molecule has 0 saturated carbocycles. The summed E-state index contributed by atoms with van der Waals surface area (Å²) in [6.07, 6.45) is 3.36. The molecule has 25 heavy (non-hydrogen) atoms. The molecule has 0 aliphatic carbocycles. The first-order valence-corrected chi connectivity index (χ1v) is 10.8. The molecule has 2 aromatic carbocycles. The van der Waals surface area contributed by atoms with Crippen molar-refractivity contribution in [1.29, 1.82) is 0 Å². The molecule has 0 heterocycles. The van der Waals surface area contributed by atoms with E-state index in [-0.39, 0.29) is 0 Å². The molecule has 0 fully saturated rings. The second-order valence-corrected chi connectivity index (χ2v) is 8.56. The van der Waals surface area contributed by atoms with Crippen LogP contribution in [0.5, 0.6) is 0 Å². The molecule has 2 rings (SSSR count). The molecule has 0 spiro atoms. The summed E-state index contributed by atoms with van der Waals surface area (Å²) in [5, 5.41) is 0. The van der Waals surface area contributed by atoms with Crippen LogP contribution >= 0.6 is 0 Å². The first-order chi connectivity index (χ1) is 11.8. The fourth-order valence-electron chi connectivity index (χ4n) is 3.44. The van der Waals surface area contributed by atoms with Crippen LogP contribution in [0, 0.1) is 13.8 Å². The van der Waals surface area contributed by atoms with Gasteiger partial charge in [-0.1, -0.05) is 39.8 Å². The molecule has 0 N–H and O–H groups in total. The van der Waals surface area contributed by atoms with Crippen LogP contribution in [0.1, 0.15) is 61.1 Å². The third kappa shape index (κ3) is 3.67. The lowest BCUT2D eigenvalue weighted by Crippen LogP contribution is -2.10. The van der Waals surface area contributed by atoms with Crippen LogP contribution in [0.3, 0.4) is 0 Å². The topological polar surface area (TPSA) is 34.1 Å². The summed E-state index contributed by atoms with van der Waals surface area (Å²) in [6.45, 7) is 12.2. The van der Waals surface area contributed by atoms with Crippen LogP contribution in [0.15, 0.2) is 34.1 Å². The molecule has 0 saturated heterocycles. The Labute approximate surface area is 153 Å². The van der Waals surface area contributed by atoms with Gasteiger partial charge >= 0.3 is 0 Å². The van der Waals surface area contributed by atoms with E-state index in [1.807, 2.05) is 26.0 Å². The van der Waals surface area contributed by atoms with E-state index in [4.69, 9.17) is 0 Å². The zero-order chi connectivity index (χ0) is 18.8. The van der Waals surface area contributed by atoms with E-state index in [1.165, 1.54) is 0 Å². The number of rotatable bonds is 6. The zero-order valence-electron chi connectivity index (χ0n) is 16.4. The highest BCUT2D eigenvalue weighted by Crippen LogP contribution is 2.32. The Kier molecular flexibility index (Phi) is 6.10. The first-order valence-electron chi connectivity index (χ1n) is 9.29. The van der Waals surface area contributed by atoms with Crippen molar-refractivity contribution in [2.24, 2.45) is 0 Å². The van der Waals surface area contributed by atoms with Gasteiger partial charge < -0.3 is 0 Å². The van der Waals surface area contributed by atoms with Gasteiger partial charge in [0.25, 0.3) is 0 Å². The maximum Gasteiger partial charge on any atom is 0.207 e. The highest BCUT2D eigenvalue weighted by molar-refractivity contribution is 7.91. The molecule has 3 heteroatoms. The van der Waals surface area contributed by atoms with Gasteiger partial charge in [0, 0.05) is 0 Å². The molecule has 0 unspecified atom stereocenters. The molecule has 0 bridgehead atoms. The highest BCUT2D eigenvalue weighted by atomic mass is 32.2. The number of hydrogen-bond donors (Lipinski definition) is 0. The fraction of sp³-hybridized carbons (Fsp3) is 0.455. The van der Waals surface area contributed by atoms with Crippen LogP contribution in [0.4, 0.5) is 0 Å². The maximum absolute atomic E-state index is 13.5. The molecule has 0 aliphatic heterocycles. The molecule has 0 atom stereocenters. The average molecular weight is 359 g/mol. The van der Waals surface area contributed by atoms with E-state index < -0.39 is 9.84 Å². The molecular formula is C22H30O2S.